The molecule has 1 aromatic heterocycles. The van der Waals surface area contributed by atoms with Crippen LogP contribution in [0.15, 0.2) is 6.07 Å². The van der Waals surface area contributed by atoms with Crippen molar-refractivity contribution in [1.29, 1.82) is 0 Å². The second-order valence-corrected chi connectivity index (χ2v) is 7.92. The maximum absolute atomic E-state index is 11.5. The molecule has 1 aliphatic heterocycles. The Bertz CT molecular complexity index is 588. The van der Waals surface area contributed by atoms with Crippen molar-refractivity contribution in [2.75, 3.05) is 49.3 Å². The van der Waals surface area contributed by atoms with E-state index in [1.807, 2.05) is 27.1 Å². The first-order valence-corrected chi connectivity index (χ1v) is 8.87. The van der Waals surface area contributed by atoms with Crippen molar-refractivity contribution in [2.45, 2.75) is 19.4 Å². The minimum atomic E-state index is -2.89. The van der Waals surface area contributed by atoms with Crippen molar-refractivity contribution in [1.82, 2.24) is 14.9 Å². The number of hydrogen-bond donors (Lipinski definition) is 2. The molecule has 1 fully saturated rings. The van der Waals surface area contributed by atoms with E-state index in [9.17, 15) is 8.42 Å². The van der Waals surface area contributed by atoms with Gasteiger partial charge in [-0.25, -0.2) is 13.4 Å². The van der Waals surface area contributed by atoms with Gasteiger partial charge in [0, 0.05) is 30.9 Å². The van der Waals surface area contributed by atoms with E-state index in [-0.39, 0.29) is 17.5 Å². The quantitative estimate of drug-likeness (QED) is 0.784. The van der Waals surface area contributed by atoms with Gasteiger partial charge in [0.25, 0.3) is 0 Å². The Morgan fingerprint density at radius 2 is 2.14 bits per heavy atom. The van der Waals surface area contributed by atoms with Crippen molar-refractivity contribution in [3.05, 3.63) is 11.8 Å². The Balaban J connectivity index is 1.98. The van der Waals surface area contributed by atoms with Gasteiger partial charge >= 0.3 is 0 Å². The van der Waals surface area contributed by atoms with Gasteiger partial charge in [0.05, 0.1) is 11.5 Å². The standard InChI is InChI=1S/C13H23N5O2S/c1-10-8-12(16-11-4-7-21(19,20)9-11)17-13(15-10)14-5-6-18(2)3/h8,11H,4-7,9H2,1-3H3,(H2,14,15,16,17). The molecule has 0 saturated carbocycles. The van der Waals surface area contributed by atoms with Gasteiger partial charge in [-0.1, -0.05) is 0 Å². The number of hydrogen-bond acceptors (Lipinski definition) is 7. The van der Waals surface area contributed by atoms with Crippen molar-refractivity contribution >= 4 is 21.6 Å². The van der Waals surface area contributed by atoms with Crippen LogP contribution in [0.4, 0.5) is 11.8 Å². The minimum Gasteiger partial charge on any atom is -0.366 e. The highest BCUT2D eigenvalue weighted by Crippen LogP contribution is 2.17. The first-order chi connectivity index (χ1) is 9.84. The molecule has 0 aromatic carbocycles. The summed E-state index contributed by atoms with van der Waals surface area (Å²) in [5, 5.41) is 6.37. The molecule has 1 saturated heterocycles. The number of likely N-dealkylation sites (N-methyl/N-ethyl adjacent to an activating group) is 1. The van der Waals surface area contributed by atoms with E-state index in [0.717, 1.165) is 18.8 Å². The zero-order valence-corrected chi connectivity index (χ0v) is 13.6. The smallest absolute Gasteiger partial charge is 0.224 e. The van der Waals surface area contributed by atoms with Crippen LogP contribution < -0.4 is 10.6 Å². The van der Waals surface area contributed by atoms with Gasteiger partial charge in [0.2, 0.25) is 5.95 Å². The van der Waals surface area contributed by atoms with Crippen molar-refractivity contribution < 1.29 is 8.42 Å². The lowest BCUT2D eigenvalue weighted by atomic mass is 10.2. The zero-order valence-electron chi connectivity index (χ0n) is 12.8. The minimum absolute atomic E-state index is 0.0566. The van der Waals surface area contributed by atoms with Gasteiger partial charge in [0.1, 0.15) is 5.82 Å². The fourth-order valence-electron chi connectivity index (χ4n) is 2.23. The highest BCUT2D eigenvalue weighted by Gasteiger charge is 2.28. The van der Waals surface area contributed by atoms with Crippen LogP contribution in [0.3, 0.4) is 0 Å². The van der Waals surface area contributed by atoms with E-state index in [0.29, 0.717) is 18.2 Å². The topological polar surface area (TPSA) is 87.2 Å². The zero-order chi connectivity index (χ0) is 15.5. The predicted molar refractivity (Wildman–Crippen MR) is 84.5 cm³/mol. The van der Waals surface area contributed by atoms with E-state index in [1.54, 1.807) is 0 Å². The Morgan fingerprint density at radius 3 is 2.76 bits per heavy atom. The molecule has 21 heavy (non-hydrogen) atoms. The summed E-state index contributed by atoms with van der Waals surface area (Å²) in [7, 11) is 1.13. The largest absolute Gasteiger partial charge is 0.366 e. The van der Waals surface area contributed by atoms with Gasteiger partial charge in [-0.15, -0.1) is 0 Å². The first kappa shape index (κ1) is 16.0. The number of rotatable bonds is 6. The average molecular weight is 313 g/mol. The summed E-state index contributed by atoms with van der Waals surface area (Å²) in [5.74, 6) is 1.68. The number of aryl methyl sites for hydroxylation is 1. The highest BCUT2D eigenvalue weighted by atomic mass is 32.2. The summed E-state index contributed by atoms with van der Waals surface area (Å²) in [6.45, 7) is 3.55. The molecule has 7 nitrogen and oxygen atoms in total. The van der Waals surface area contributed by atoms with Crippen LogP contribution in [0.1, 0.15) is 12.1 Å². The summed E-state index contributed by atoms with van der Waals surface area (Å²) in [6.07, 6.45) is 0.634. The Morgan fingerprint density at radius 1 is 1.38 bits per heavy atom. The highest BCUT2D eigenvalue weighted by molar-refractivity contribution is 7.91. The molecule has 0 bridgehead atoms. The monoisotopic (exact) mass is 313 g/mol. The summed E-state index contributed by atoms with van der Waals surface area (Å²) in [6, 6.07) is 1.78. The van der Waals surface area contributed by atoms with Crippen LogP contribution >= 0.6 is 0 Å². The molecule has 1 aromatic rings. The van der Waals surface area contributed by atoms with E-state index >= 15 is 0 Å². The summed E-state index contributed by atoms with van der Waals surface area (Å²) in [4.78, 5) is 10.8. The first-order valence-electron chi connectivity index (χ1n) is 7.05. The molecule has 0 radical (unpaired) electrons. The maximum Gasteiger partial charge on any atom is 0.224 e. The number of anilines is 2. The van der Waals surface area contributed by atoms with Crippen molar-refractivity contribution in [2.24, 2.45) is 0 Å². The number of nitrogens with zero attached hydrogens (tertiary/aromatic N) is 3. The molecular weight excluding hydrogens is 290 g/mol. The van der Waals surface area contributed by atoms with E-state index < -0.39 is 9.84 Å². The number of aromatic nitrogens is 2. The second-order valence-electron chi connectivity index (χ2n) is 5.69. The molecule has 0 spiro atoms. The molecule has 0 amide bonds. The third-order valence-electron chi connectivity index (χ3n) is 3.28. The molecule has 1 atom stereocenters. The molecule has 8 heteroatoms. The third kappa shape index (κ3) is 5.13. The van der Waals surface area contributed by atoms with Gasteiger partial charge in [0.15, 0.2) is 9.84 Å². The molecule has 2 heterocycles. The van der Waals surface area contributed by atoms with Crippen LogP contribution in [0, 0.1) is 6.92 Å². The fourth-order valence-corrected chi connectivity index (χ4v) is 3.90. The molecular formula is C13H23N5O2S. The van der Waals surface area contributed by atoms with Crippen molar-refractivity contribution in [3.8, 4) is 0 Å². The van der Waals surface area contributed by atoms with Crippen LogP contribution in [-0.2, 0) is 9.84 Å². The molecule has 2 rings (SSSR count). The molecule has 1 unspecified atom stereocenters. The number of nitrogens with one attached hydrogen (secondary N) is 2. The molecule has 1 aliphatic rings. The average Bonchev–Trinajstić information content (AvgIpc) is 2.67. The molecule has 2 N–H and O–H groups in total. The van der Waals surface area contributed by atoms with E-state index in [4.69, 9.17) is 0 Å². The van der Waals surface area contributed by atoms with Gasteiger partial charge < -0.3 is 15.5 Å². The summed E-state index contributed by atoms with van der Waals surface area (Å²) >= 11 is 0. The fraction of sp³-hybridized carbons (Fsp3) is 0.692. The van der Waals surface area contributed by atoms with Gasteiger partial charge in [-0.05, 0) is 27.4 Å². The maximum atomic E-state index is 11.5. The second kappa shape index (κ2) is 6.57. The summed E-state index contributed by atoms with van der Waals surface area (Å²) in [5.41, 5.74) is 0.848. The van der Waals surface area contributed by atoms with Crippen LogP contribution in [0.25, 0.3) is 0 Å². The van der Waals surface area contributed by atoms with E-state index in [2.05, 4.69) is 25.5 Å². The molecule has 118 valence electrons. The van der Waals surface area contributed by atoms with Gasteiger partial charge in [-0.3, -0.25) is 0 Å². The SMILES string of the molecule is Cc1cc(NC2CCS(=O)(=O)C2)nc(NCCN(C)C)n1. The lowest BCUT2D eigenvalue weighted by molar-refractivity contribution is 0.425. The lowest BCUT2D eigenvalue weighted by Crippen LogP contribution is -2.23. The van der Waals surface area contributed by atoms with Gasteiger partial charge in [-0.2, -0.15) is 4.98 Å². The Hall–Kier alpha value is -1.41. The van der Waals surface area contributed by atoms with Crippen molar-refractivity contribution in [3.63, 3.8) is 0 Å². The summed E-state index contributed by atoms with van der Waals surface area (Å²) < 4.78 is 23.0. The lowest BCUT2D eigenvalue weighted by Gasteiger charge is -2.14. The normalized spacial score (nSPS) is 20.7. The predicted octanol–water partition coefficient (Wildman–Crippen LogP) is 0.358. The molecule has 0 aliphatic carbocycles. The Labute approximate surface area is 126 Å². The Kier molecular flexibility index (Phi) is 5.00. The third-order valence-corrected chi connectivity index (χ3v) is 5.05. The van der Waals surface area contributed by atoms with Crippen LogP contribution in [0.5, 0.6) is 0 Å². The van der Waals surface area contributed by atoms with Crippen LogP contribution in [-0.4, -0.2) is 68.0 Å². The van der Waals surface area contributed by atoms with Crippen LogP contribution in [0.2, 0.25) is 0 Å². The van der Waals surface area contributed by atoms with E-state index in [1.165, 1.54) is 0 Å². The number of sulfone groups is 1.